The van der Waals surface area contributed by atoms with Crippen LogP contribution in [0.4, 0.5) is 5.82 Å². The molecule has 20 heavy (non-hydrogen) atoms. The minimum Gasteiger partial charge on any atom is -0.370 e. The van der Waals surface area contributed by atoms with E-state index in [-0.39, 0.29) is 5.96 Å². The molecule has 0 amide bonds. The van der Waals surface area contributed by atoms with Gasteiger partial charge in [-0.2, -0.15) is 9.78 Å². The first-order chi connectivity index (χ1) is 9.66. The van der Waals surface area contributed by atoms with Crippen LogP contribution in [0.3, 0.4) is 0 Å². The van der Waals surface area contributed by atoms with Gasteiger partial charge in [-0.05, 0) is 31.4 Å². The summed E-state index contributed by atoms with van der Waals surface area (Å²) in [7, 11) is 0. The van der Waals surface area contributed by atoms with E-state index in [1.54, 1.807) is 0 Å². The summed E-state index contributed by atoms with van der Waals surface area (Å²) in [6.07, 6.45) is 3.12. The van der Waals surface area contributed by atoms with E-state index in [2.05, 4.69) is 10.4 Å². The second kappa shape index (κ2) is 5.17. The van der Waals surface area contributed by atoms with Crippen LogP contribution in [-0.2, 0) is 6.42 Å². The third kappa shape index (κ3) is 2.25. The van der Waals surface area contributed by atoms with Crippen molar-refractivity contribution in [1.82, 2.24) is 9.78 Å². The number of fused-ring (bicyclic) bond motifs is 1. The minimum absolute atomic E-state index is 0.0797. The molecule has 6 heteroatoms. The van der Waals surface area contributed by atoms with Gasteiger partial charge in [0.25, 0.3) is 0 Å². The summed E-state index contributed by atoms with van der Waals surface area (Å²) in [5, 5.41) is 16.2. The molecule has 1 aromatic heterocycles. The average Bonchev–Trinajstić information content (AvgIpc) is 2.61. The number of hydrogen-bond donors (Lipinski definition) is 3. The molecular formula is C14H16ClN5. The normalized spacial score (nSPS) is 14.2. The van der Waals surface area contributed by atoms with E-state index in [4.69, 9.17) is 22.7 Å². The molecule has 2 heterocycles. The van der Waals surface area contributed by atoms with Crippen LogP contribution in [0.1, 0.15) is 18.4 Å². The maximum Gasteiger partial charge on any atom is 0.215 e. The highest BCUT2D eigenvalue weighted by Gasteiger charge is 2.21. The van der Waals surface area contributed by atoms with Crippen molar-refractivity contribution in [2.75, 3.05) is 11.9 Å². The number of aromatic nitrogens is 2. The molecule has 0 atom stereocenters. The van der Waals surface area contributed by atoms with Crippen LogP contribution in [0.25, 0.3) is 11.3 Å². The summed E-state index contributed by atoms with van der Waals surface area (Å²) in [5.41, 5.74) is 8.55. The summed E-state index contributed by atoms with van der Waals surface area (Å²) in [5.74, 6) is 0.758. The molecular weight excluding hydrogens is 274 g/mol. The van der Waals surface area contributed by atoms with E-state index in [1.165, 1.54) is 4.68 Å². The van der Waals surface area contributed by atoms with E-state index in [0.29, 0.717) is 5.02 Å². The second-order valence-electron chi connectivity index (χ2n) is 4.87. The Hall–Kier alpha value is -2.01. The Morgan fingerprint density at radius 3 is 3.00 bits per heavy atom. The number of nitrogens with zero attached hydrogens (tertiary/aromatic N) is 2. The summed E-state index contributed by atoms with van der Waals surface area (Å²) in [6.45, 7) is 0.876. The average molecular weight is 290 g/mol. The topological polar surface area (TPSA) is 79.7 Å². The Bertz CT molecular complexity index is 662. The lowest BCUT2D eigenvalue weighted by molar-refractivity contribution is 0.781. The first kappa shape index (κ1) is 13.0. The standard InChI is InChI=1S/C14H16ClN5/c15-10-5-3-4-9(8-10)12-11-6-1-2-7-18-13(11)20(19-12)14(16)17/h3-5,8,18H,1-2,6-7H2,(H3,16,17). The lowest BCUT2D eigenvalue weighted by Crippen LogP contribution is -2.24. The van der Waals surface area contributed by atoms with Crippen LogP contribution in [0.5, 0.6) is 0 Å². The molecule has 0 saturated heterocycles. The van der Waals surface area contributed by atoms with E-state index in [0.717, 1.165) is 48.4 Å². The monoisotopic (exact) mass is 289 g/mol. The third-order valence-corrected chi connectivity index (χ3v) is 3.69. The van der Waals surface area contributed by atoms with Crippen molar-refractivity contribution in [2.24, 2.45) is 5.73 Å². The Morgan fingerprint density at radius 1 is 1.40 bits per heavy atom. The number of anilines is 1. The van der Waals surface area contributed by atoms with Gasteiger partial charge in [0.05, 0.1) is 5.69 Å². The molecule has 0 aliphatic carbocycles. The van der Waals surface area contributed by atoms with Gasteiger partial charge in [-0.1, -0.05) is 23.7 Å². The fourth-order valence-corrected chi connectivity index (χ4v) is 2.73. The van der Waals surface area contributed by atoms with Gasteiger partial charge >= 0.3 is 0 Å². The van der Waals surface area contributed by atoms with Crippen LogP contribution in [0.2, 0.25) is 5.02 Å². The van der Waals surface area contributed by atoms with Gasteiger partial charge in [0.15, 0.2) is 0 Å². The van der Waals surface area contributed by atoms with Crippen molar-refractivity contribution in [2.45, 2.75) is 19.3 Å². The van der Waals surface area contributed by atoms with Gasteiger partial charge in [-0.15, -0.1) is 0 Å². The second-order valence-corrected chi connectivity index (χ2v) is 5.30. The molecule has 0 radical (unpaired) electrons. The van der Waals surface area contributed by atoms with Crippen molar-refractivity contribution in [3.05, 3.63) is 34.9 Å². The Labute approximate surface area is 122 Å². The molecule has 104 valence electrons. The highest BCUT2D eigenvalue weighted by atomic mass is 35.5. The molecule has 1 aliphatic rings. The van der Waals surface area contributed by atoms with Crippen LogP contribution < -0.4 is 11.1 Å². The van der Waals surface area contributed by atoms with Gasteiger partial charge in [-0.25, -0.2) is 0 Å². The lowest BCUT2D eigenvalue weighted by Gasteiger charge is -2.06. The first-order valence-electron chi connectivity index (χ1n) is 6.63. The molecule has 1 aliphatic heterocycles. The molecule has 0 saturated carbocycles. The highest BCUT2D eigenvalue weighted by molar-refractivity contribution is 6.30. The summed E-state index contributed by atoms with van der Waals surface area (Å²) in [4.78, 5) is 0. The highest BCUT2D eigenvalue weighted by Crippen LogP contribution is 2.32. The maximum atomic E-state index is 7.68. The maximum absolute atomic E-state index is 7.68. The van der Waals surface area contributed by atoms with Crippen molar-refractivity contribution < 1.29 is 0 Å². The molecule has 0 fully saturated rings. The first-order valence-corrected chi connectivity index (χ1v) is 7.00. The number of nitrogens with two attached hydrogens (primary N) is 1. The number of nitrogens with one attached hydrogen (secondary N) is 2. The number of nitrogen functional groups attached to an aromatic ring is 1. The number of hydrogen-bond acceptors (Lipinski definition) is 3. The zero-order chi connectivity index (χ0) is 14.1. The fraction of sp³-hybridized carbons (Fsp3) is 0.286. The molecule has 3 rings (SSSR count). The molecule has 2 aromatic rings. The van der Waals surface area contributed by atoms with Gasteiger partial charge in [0, 0.05) is 22.7 Å². The van der Waals surface area contributed by atoms with Crippen LogP contribution in [-0.4, -0.2) is 22.3 Å². The number of benzene rings is 1. The van der Waals surface area contributed by atoms with Crippen LogP contribution in [0, 0.1) is 5.41 Å². The lowest BCUT2D eigenvalue weighted by atomic mass is 10.0. The molecule has 0 spiro atoms. The van der Waals surface area contributed by atoms with Crippen LogP contribution >= 0.6 is 11.6 Å². The minimum atomic E-state index is -0.0797. The molecule has 4 N–H and O–H groups in total. The van der Waals surface area contributed by atoms with Crippen LogP contribution in [0.15, 0.2) is 24.3 Å². The molecule has 5 nitrogen and oxygen atoms in total. The van der Waals surface area contributed by atoms with Gasteiger partial charge in [0.1, 0.15) is 5.82 Å². The zero-order valence-electron chi connectivity index (χ0n) is 11.0. The molecule has 0 bridgehead atoms. The summed E-state index contributed by atoms with van der Waals surface area (Å²) < 4.78 is 1.47. The molecule has 1 aromatic carbocycles. The quantitative estimate of drug-likeness (QED) is 0.558. The van der Waals surface area contributed by atoms with Crippen molar-refractivity contribution in [1.29, 1.82) is 5.41 Å². The predicted molar refractivity (Wildman–Crippen MR) is 81.4 cm³/mol. The SMILES string of the molecule is N=C(N)n1nc(-c2cccc(Cl)c2)c2c1NCCCC2. The van der Waals surface area contributed by atoms with Crippen molar-refractivity contribution >= 4 is 23.4 Å². The van der Waals surface area contributed by atoms with Gasteiger partial charge in [0.2, 0.25) is 5.96 Å². The Morgan fingerprint density at radius 2 is 2.25 bits per heavy atom. The number of halogens is 1. The van der Waals surface area contributed by atoms with Gasteiger partial charge in [-0.3, -0.25) is 5.41 Å². The van der Waals surface area contributed by atoms with E-state index < -0.39 is 0 Å². The van der Waals surface area contributed by atoms with Gasteiger partial charge < -0.3 is 11.1 Å². The van der Waals surface area contributed by atoms with E-state index in [1.807, 2.05) is 24.3 Å². The zero-order valence-corrected chi connectivity index (χ0v) is 11.7. The fourth-order valence-electron chi connectivity index (χ4n) is 2.54. The Kier molecular flexibility index (Phi) is 3.36. The smallest absolute Gasteiger partial charge is 0.215 e. The van der Waals surface area contributed by atoms with Crippen molar-refractivity contribution in [3.63, 3.8) is 0 Å². The number of rotatable bonds is 1. The molecule has 0 unspecified atom stereocenters. The Balaban J connectivity index is 2.18. The van der Waals surface area contributed by atoms with E-state index in [9.17, 15) is 0 Å². The van der Waals surface area contributed by atoms with E-state index >= 15 is 0 Å². The van der Waals surface area contributed by atoms with Crippen molar-refractivity contribution in [3.8, 4) is 11.3 Å². The third-order valence-electron chi connectivity index (χ3n) is 3.46. The predicted octanol–water partition coefficient (Wildman–Crippen LogP) is 2.69. The largest absolute Gasteiger partial charge is 0.370 e. The summed E-state index contributed by atoms with van der Waals surface area (Å²) in [6, 6.07) is 7.61. The summed E-state index contributed by atoms with van der Waals surface area (Å²) >= 11 is 6.06.